The number of aromatic nitrogens is 1. The zero-order valence-corrected chi connectivity index (χ0v) is 16.5. The molecule has 4 aromatic rings. The van der Waals surface area contributed by atoms with Gasteiger partial charge in [0, 0.05) is 21.3 Å². The van der Waals surface area contributed by atoms with Crippen LogP contribution < -0.4 is 5.32 Å². The lowest BCUT2D eigenvalue weighted by Gasteiger charge is -2.10. The molecule has 0 saturated carbocycles. The average Bonchev–Trinajstić information content (AvgIpc) is 3.08. The summed E-state index contributed by atoms with van der Waals surface area (Å²) in [6.07, 6.45) is 0.266. The summed E-state index contributed by atoms with van der Waals surface area (Å²) in [5, 5.41) is 4.21. The molecule has 0 saturated heterocycles. The molecule has 1 amide bonds. The molecule has 0 bridgehead atoms. The molecule has 6 heteroatoms. The van der Waals surface area contributed by atoms with Crippen LogP contribution in [0.25, 0.3) is 22.6 Å². The van der Waals surface area contributed by atoms with Crippen LogP contribution in [0.3, 0.4) is 0 Å². The first-order valence-corrected chi connectivity index (χ1v) is 9.45. The summed E-state index contributed by atoms with van der Waals surface area (Å²) >= 11 is 11.9. The van der Waals surface area contributed by atoms with Gasteiger partial charge in [-0.3, -0.25) is 4.79 Å². The SMILES string of the molecule is Cc1ccc(-c2nc3cc(Cl)ccc3o2)cc1NC(=O)Cc1ccc(Cl)cc1. The van der Waals surface area contributed by atoms with Crippen LogP contribution in [0, 0.1) is 6.92 Å². The van der Waals surface area contributed by atoms with Crippen LogP contribution in [-0.4, -0.2) is 10.9 Å². The maximum absolute atomic E-state index is 12.4. The molecule has 0 spiro atoms. The summed E-state index contributed by atoms with van der Waals surface area (Å²) in [7, 11) is 0. The van der Waals surface area contributed by atoms with Gasteiger partial charge in [-0.2, -0.15) is 0 Å². The Balaban J connectivity index is 1.57. The number of fused-ring (bicyclic) bond motifs is 1. The molecule has 3 aromatic carbocycles. The Bertz CT molecular complexity index is 1170. The Kier molecular flexibility index (Phi) is 5.07. The van der Waals surface area contributed by atoms with Crippen LogP contribution in [0.4, 0.5) is 5.69 Å². The summed E-state index contributed by atoms with van der Waals surface area (Å²) in [5.74, 6) is 0.373. The van der Waals surface area contributed by atoms with Crippen molar-refractivity contribution in [3.05, 3.63) is 81.8 Å². The molecule has 0 fully saturated rings. The first-order chi connectivity index (χ1) is 13.5. The first kappa shape index (κ1) is 18.5. The summed E-state index contributed by atoms with van der Waals surface area (Å²) < 4.78 is 5.82. The van der Waals surface area contributed by atoms with Crippen molar-refractivity contribution in [3.8, 4) is 11.5 Å². The van der Waals surface area contributed by atoms with Gasteiger partial charge in [-0.05, 0) is 60.5 Å². The Morgan fingerprint density at radius 3 is 2.54 bits per heavy atom. The molecule has 0 aliphatic carbocycles. The largest absolute Gasteiger partial charge is 0.436 e. The predicted molar refractivity (Wildman–Crippen MR) is 113 cm³/mol. The lowest BCUT2D eigenvalue weighted by Crippen LogP contribution is -2.15. The van der Waals surface area contributed by atoms with Gasteiger partial charge in [0.1, 0.15) is 5.52 Å². The van der Waals surface area contributed by atoms with Gasteiger partial charge in [0.2, 0.25) is 11.8 Å². The molecule has 28 heavy (non-hydrogen) atoms. The van der Waals surface area contributed by atoms with Gasteiger partial charge in [0.15, 0.2) is 5.58 Å². The maximum Gasteiger partial charge on any atom is 0.228 e. The third kappa shape index (κ3) is 4.03. The fourth-order valence-electron chi connectivity index (χ4n) is 2.90. The zero-order chi connectivity index (χ0) is 19.7. The van der Waals surface area contributed by atoms with E-state index >= 15 is 0 Å². The summed E-state index contributed by atoms with van der Waals surface area (Å²) in [6.45, 7) is 1.94. The third-order valence-corrected chi connectivity index (χ3v) is 4.87. The van der Waals surface area contributed by atoms with Crippen LogP contribution in [0.1, 0.15) is 11.1 Å². The Labute approximate surface area is 172 Å². The minimum atomic E-state index is -0.105. The molecule has 0 radical (unpaired) electrons. The fourth-order valence-corrected chi connectivity index (χ4v) is 3.19. The number of benzene rings is 3. The number of amides is 1. The Hall–Kier alpha value is -2.82. The van der Waals surface area contributed by atoms with E-state index in [0.717, 1.165) is 22.4 Å². The van der Waals surface area contributed by atoms with Crippen molar-refractivity contribution < 1.29 is 9.21 Å². The number of carbonyl (C=O) groups is 1. The van der Waals surface area contributed by atoms with Crippen molar-refractivity contribution >= 4 is 45.9 Å². The minimum absolute atomic E-state index is 0.105. The van der Waals surface area contributed by atoms with E-state index in [-0.39, 0.29) is 12.3 Å². The molecule has 4 rings (SSSR count). The number of oxazole rings is 1. The van der Waals surface area contributed by atoms with Crippen molar-refractivity contribution in [1.29, 1.82) is 0 Å². The van der Waals surface area contributed by atoms with E-state index in [1.165, 1.54) is 0 Å². The maximum atomic E-state index is 12.4. The van der Waals surface area contributed by atoms with E-state index in [9.17, 15) is 4.79 Å². The third-order valence-electron chi connectivity index (χ3n) is 4.39. The van der Waals surface area contributed by atoms with E-state index in [0.29, 0.717) is 27.0 Å². The molecule has 0 aliphatic rings. The second-order valence-electron chi connectivity index (χ2n) is 6.51. The number of carbonyl (C=O) groups excluding carboxylic acids is 1. The van der Waals surface area contributed by atoms with Gasteiger partial charge in [0.05, 0.1) is 6.42 Å². The first-order valence-electron chi connectivity index (χ1n) is 8.69. The number of aryl methyl sites for hydroxylation is 1. The van der Waals surface area contributed by atoms with E-state index < -0.39 is 0 Å². The van der Waals surface area contributed by atoms with Gasteiger partial charge < -0.3 is 9.73 Å². The number of rotatable bonds is 4. The van der Waals surface area contributed by atoms with E-state index in [1.807, 2.05) is 37.3 Å². The van der Waals surface area contributed by atoms with Crippen molar-refractivity contribution in [1.82, 2.24) is 4.98 Å². The van der Waals surface area contributed by atoms with Gasteiger partial charge in [0.25, 0.3) is 0 Å². The second kappa shape index (κ2) is 7.66. The molecule has 0 unspecified atom stereocenters. The van der Waals surface area contributed by atoms with Crippen LogP contribution >= 0.6 is 23.2 Å². The highest BCUT2D eigenvalue weighted by molar-refractivity contribution is 6.31. The molecule has 1 N–H and O–H groups in total. The highest BCUT2D eigenvalue weighted by atomic mass is 35.5. The van der Waals surface area contributed by atoms with Crippen molar-refractivity contribution in [2.24, 2.45) is 0 Å². The average molecular weight is 411 g/mol. The van der Waals surface area contributed by atoms with Gasteiger partial charge >= 0.3 is 0 Å². The second-order valence-corrected chi connectivity index (χ2v) is 7.39. The highest BCUT2D eigenvalue weighted by Crippen LogP contribution is 2.29. The Morgan fingerprint density at radius 2 is 1.75 bits per heavy atom. The van der Waals surface area contributed by atoms with E-state index in [1.54, 1.807) is 30.3 Å². The molecular weight excluding hydrogens is 395 g/mol. The minimum Gasteiger partial charge on any atom is -0.436 e. The highest BCUT2D eigenvalue weighted by Gasteiger charge is 2.12. The number of nitrogens with zero attached hydrogens (tertiary/aromatic N) is 1. The van der Waals surface area contributed by atoms with Gasteiger partial charge in [-0.15, -0.1) is 0 Å². The van der Waals surface area contributed by atoms with Crippen LogP contribution in [0.15, 0.2) is 65.1 Å². The lowest BCUT2D eigenvalue weighted by molar-refractivity contribution is -0.115. The van der Waals surface area contributed by atoms with Crippen LogP contribution in [0.5, 0.6) is 0 Å². The monoisotopic (exact) mass is 410 g/mol. The van der Waals surface area contributed by atoms with Crippen molar-refractivity contribution in [2.75, 3.05) is 5.32 Å². The number of hydrogen-bond donors (Lipinski definition) is 1. The lowest BCUT2D eigenvalue weighted by atomic mass is 10.1. The van der Waals surface area contributed by atoms with Crippen molar-refractivity contribution in [2.45, 2.75) is 13.3 Å². The smallest absolute Gasteiger partial charge is 0.228 e. The topological polar surface area (TPSA) is 55.1 Å². The number of hydrogen-bond acceptors (Lipinski definition) is 3. The predicted octanol–water partition coefficient (Wildman–Crippen LogP) is 6.29. The van der Waals surface area contributed by atoms with Gasteiger partial charge in [-0.1, -0.05) is 41.4 Å². The number of nitrogens with one attached hydrogen (secondary N) is 1. The molecule has 140 valence electrons. The standard InChI is InChI=1S/C22H16Cl2N2O2/c1-13-2-5-15(22-26-19-12-17(24)8-9-20(19)28-22)11-18(13)25-21(27)10-14-3-6-16(23)7-4-14/h2-9,11-12H,10H2,1H3,(H,25,27). The van der Waals surface area contributed by atoms with Crippen LogP contribution in [-0.2, 0) is 11.2 Å². The molecule has 0 atom stereocenters. The number of halogens is 2. The van der Waals surface area contributed by atoms with Gasteiger partial charge in [-0.25, -0.2) is 4.98 Å². The summed E-state index contributed by atoms with van der Waals surface area (Å²) in [6, 6.07) is 18.2. The molecular formula is C22H16Cl2N2O2. The zero-order valence-electron chi connectivity index (χ0n) is 15.0. The number of anilines is 1. The Morgan fingerprint density at radius 1 is 1.00 bits per heavy atom. The molecule has 4 nitrogen and oxygen atoms in total. The fraction of sp³-hybridized carbons (Fsp3) is 0.0909. The van der Waals surface area contributed by atoms with E-state index in [4.69, 9.17) is 27.6 Å². The summed E-state index contributed by atoms with van der Waals surface area (Å²) in [4.78, 5) is 16.9. The molecule has 1 heterocycles. The summed E-state index contributed by atoms with van der Waals surface area (Å²) in [5.41, 5.74) is 4.69. The van der Waals surface area contributed by atoms with Crippen molar-refractivity contribution in [3.63, 3.8) is 0 Å². The quantitative estimate of drug-likeness (QED) is 0.429. The molecule has 0 aliphatic heterocycles. The van der Waals surface area contributed by atoms with Crippen LogP contribution in [0.2, 0.25) is 10.0 Å². The molecule has 1 aromatic heterocycles. The van der Waals surface area contributed by atoms with E-state index in [2.05, 4.69) is 10.3 Å². The normalized spacial score (nSPS) is 11.0.